The molecule has 0 saturated heterocycles. The van der Waals surface area contributed by atoms with Gasteiger partial charge in [0.2, 0.25) is 0 Å². The van der Waals surface area contributed by atoms with E-state index in [4.69, 9.17) is 0 Å². The molecule has 1 N–H and O–H groups in total. The molecule has 0 aliphatic rings. The second-order valence-corrected chi connectivity index (χ2v) is 5.85. The van der Waals surface area contributed by atoms with E-state index < -0.39 is 0 Å². The summed E-state index contributed by atoms with van der Waals surface area (Å²) in [6.45, 7) is 4.86. The molecule has 0 heterocycles. The maximum atomic E-state index is 13.9. The zero-order chi connectivity index (χ0) is 14.5. The summed E-state index contributed by atoms with van der Waals surface area (Å²) < 4.78 is 14.6. The third-order valence-electron chi connectivity index (χ3n) is 3.47. The second kappa shape index (κ2) is 7.00. The zero-order valence-corrected chi connectivity index (χ0v) is 13.4. The van der Waals surface area contributed by atoms with Gasteiger partial charge in [-0.15, -0.1) is 0 Å². The van der Waals surface area contributed by atoms with Gasteiger partial charge in [0.05, 0.1) is 0 Å². The van der Waals surface area contributed by atoms with Crippen LogP contribution < -0.4 is 5.32 Å². The summed E-state index contributed by atoms with van der Waals surface area (Å²) >= 11 is 3.27. The second-order valence-electron chi connectivity index (χ2n) is 4.94. The molecule has 0 spiro atoms. The van der Waals surface area contributed by atoms with Crippen molar-refractivity contribution in [3.63, 3.8) is 0 Å². The van der Waals surface area contributed by atoms with Crippen LogP contribution in [-0.4, -0.2) is 0 Å². The Bertz CT molecular complexity index is 566. The molecule has 1 atom stereocenters. The van der Waals surface area contributed by atoms with Crippen LogP contribution in [0, 0.1) is 5.82 Å². The molecular weight excluding hydrogens is 317 g/mol. The lowest BCUT2D eigenvalue weighted by Gasteiger charge is -2.15. The molecule has 1 unspecified atom stereocenters. The quantitative estimate of drug-likeness (QED) is 0.810. The third-order valence-corrected chi connectivity index (χ3v) is 3.97. The number of hydrogen-bond donors (Lipinski definition) is 1. The van der Waals surface area contributed by atoms with Crippen molar-refractivity contribution >= 4 is 15.9 Å². The van der Waals surface area contributed by atoms with Crippen molar-refractivity contribution in [2.75, 3.05) is 0 Å². The van der Waals surface area contributed by atoms with Crippen LogP contribution in [-0.2, 0) is 13.0 Å². The van der Waals surface area contributed by atoms with E-state index in [9.17, 15) is 4.39 Å². The monoisotopic (exact) mass is 335 g/mol. The maximum absolute atomic E-state index is 13.9. The fourth-order valence-corrected chi connectivity index (χ4v) is 2.46. The number of halogens is 2. The first kappa shape index (κ1) is 15.2. The number of nitrogens with one attached hydrogen (secondary N) is 1. The summed E-state index contributed by atoms with van der Waals surface area (Å²) in [5.74, 6) is -0.180. The highest BCUT2D eigenvalue weighted by atomic mass is 79.9. The van der Waals surface area contributed by atoms with Gasteiger partial charge in [0.15, 0.2) is 0 Å². The zero-order valence-electron chi connectivity index (χ0n) is 11.8. The summed E-state index contributed by atoms with van der Waals surface area (Å²) in [6.07, 6.45) is 1.05. The fourth-order valence-electron chi connectivity index (χ4n) is 2.13. The molecule has 0 aliphatic carbocycles. The molecule has 2 aromatic rings. The van der Waals surface area contributed by atoms with Crippen molar-refractivity contribution in [1.82, 2.24) is 5.32 Å². The molecule has 20 heavy (non-hydrogen) atoms. The van der Waals surface area contributed by atoms with Crippen LogP contribution in [0.2, 0.25) is 0 Å². The average molecular weight is 336 g/mol. The smallest absolute Gasteiger partial charge is 0.129 e. The molecule has 0 saturated carbocycles. The van der Waals surface area contributed by atoms with Crippen LogP contribution in [0.5, 0.6) is 0 Å². The molecule has 0 aromatic heterocycles. The number of aryl methyl sites for hydroxylation is 1. The molecule has 0 aliphatic heterocycles. The van der Waals surface area contributed by atoms with E-state index in [0.717, 1.165) is 17.4 Å². The largest absolute Gasteiger partial charge is 0.306 e. The predicted molar refractivity (Wildman–Crippen MR) is 85.2 cm³/mol. The molecule has 2 aromatic carbocycles. The fraction of sp³-hybridized carbons (Fsp3) is 0.294. The lowest BCUT2D eigenvalue weighted by atomic mass is 10.1. The number of hydrogen-bond acceptors (Lipinski definition) is 1. The summed E-state index contributed by atoms with van der Waals surface area (Å²) in [6, 6.07) is 13.7. The molecule has 0 radical (unpaired) electrons. The van der Waals surface area contributed by atoms with E-state index in [0.29, 0.717) is 5.56 Å². The van der Waals surface area contributed by atoms with Gasteiger partial charge in [0, 0.05) is 22.6 Å². The SMILES string of the molecule is CCc1ccc(CNC(C)c2ccc(Br)cc2F)cc1. The normalized spacial score (nSPS) is 12.4. The van der Waals surface area contributed by atoms with Crippen molar-refractivity contribution in [2.24, 2.45) is 0 Å². The lowest BCUT2D eigenvalue weighted by molar-refractivity contribution is 0.528. The van der Waals surface area contributed by atoms with Crippen LogP contribution in [0.4, 0.5) is 4.39 Å². The molecule has 1 nitrogen and oxygen atoms in total. The minimum atomic E-state index is -0.180. The molecule has 0 bridgehead atoms. The Kier molecular flexibility index (Phi) is 5.32. The molecule has 0 amide bonds. The van der Waals surface area contributed by atoms with E-state index in [1.807, 2.05) is 19.1 Å². The van der Waals surface area contributed by atoms with Crippen LogP contribution in [0.1, 0.15) is 36.6 Å². The molecule has 3 heteroatoms. The Morgan fingerprint density at radius 1 is 1.10 bits per heavy atom. The Hall–Kier alpha value is -1.19. The minimum Gasteiger partial charge on any atom is -0.306 e. The van der Waals surface area contributed by atoms with Crippen LogP contribution >= 0.6 is 15.9 Å². The standard InChI is InChI=1S/C17H19BrFN/c1-3-13-4-6-14(7-5-13)11-20-12(2)16-9-8-15(18)10-17(16)19/h4-10,12,20H,3,11H2,1-2H3. The van der Waals surface area contributed by atoms with Crippen molar-refractivity contribution in [3.05, 3.63) is 69.4 Å². The first-order chi connectivity index (χ1) is 9.60. The Morgan fingerprint density at radius 2 is 1.75 bits per heavy atom. The van der Waals surface area contributed by atoms with E-state index in [1.54, 1.807) is 0 Å². The summed E-state index contributed by atoms with van der Waals surface area (Å²) in [5.41, 5.74) is 3.24. The maximum Gasteiger partial charge on any atom is 0.129 e. The van der Waals surface area contributed by atoms with Crippen molar-refractivity contribution in [2.45, 2.75) is 32.9 Å². The number of benzene rings is 2. The summed E-state index contributed by atoms with van der Waals surface area (Å²) in [7, 11) is 0. The third kappa shape index (κ3) is 3.90. The van der Waals surface area contributed by atoms with Gasteiger partial charge in [-0.2, -0.15) is 0 Å². The van der Waals surface area contributed by atoms with Crippen LogP contribution in [0.25, 0.3) is 0 Å². The van der Waals surface area contributed by atoms with E-state index in [2.05, 4.69) is 52.4 Å². The van der Waals surface area contributed by atoms with E-state index in [-0.39, 0.29) is 11.9 Å². The highest BCUT2D eigenvalue weighted by molar-refractivity contribution is 9.10. The van der Waals surface area contributed by atoms with Gasteiger partial charge in [-0.05, 0) is 36.6 Å². The summed E-state index contributed by atoms with van der Waals surface area (Å²) in [4.78, 5) is 0. The molecular formula is C17H19BrFN. The highest BCUT2D eigenvalue weighted by Gasteiger charge is 2.10. The van der Waals surface area contributed by atoms with Gasteiger partial charge in [-0.25, -0.2) is 4.39 Å². The van der Waals surface area contributed by atoms with Crippen molar-refractivity contribution in [1.29, 1.82) is 0 Å². The molecule has 2 rings (SSSR count). The van der Waals surface area contributed by atoms with Gasteiger partial charge in [-0.3, -0.25) is 0 Å². The molecule has 0 fully saturated rings. The lowest BCUT2D eigenvalue weighted by Crippen LogP contribution is -2.19. The average Bonchev–Trinajstić information content (AvgIpc) is 2.45. The van der Waals surface area contributed by atoms with Gasteiger partial charge in [0.25, 0.3) is 0 Å². The highest BCUT2D eigenvalue weighted by Crippen LogP contribution is 2.21. The number of rotatable bonds is 5. The Morgan fingerprint density at radius 3 is 2.35 bits per heavy atom. The Balaban J connectivity index is 1.98. The summed E-state index contributed by atoms with van der Waals surface area (Å²) in [5, 5.41) is 3.36. The topological polar surface area (TPSA) is 12.0 Å². The van der Waals surface area contributed by atoms with Gasteiger partial charge >= 0.3 is 0 Å². The van der Waals surface area contributed by atoms with Crippen molar-refractivity contribution < 1.29 is 4.39 Å². The first-order valence-electron chi connectivity index (χ1n) is 6.86. The van der Waals surface area contributed by atoms with Crippen LogP contribution in [0.3, 0.4) is 0 Å². The van der Waals surface area contributed by atoms with Gasteiger partial charge in [0.1, 0.15) is 5.82 Å². The van der Waals surface area contributed by atoms with Crippen LogP contribution in [0.15, 0.2) is 46.9 Å². The van der Waals surface area contributed by atoms with E-state index in [1.165, 1.54) is 17.2 Å². The first-order valence-corrected chi connectivity index (χ1v) is 7.65. The van der Waals surface area contributed by atoms with E-state index >= 15 is 0 Å². The Labute approximate surface area is 128 Å². The van der Waals surface area contributed by atoms with Gasteiger partial charge < -0.3 is 5.32 Å². The minimum absolute atomic E-state index is 0.0195. The molecule has 106 valence electrons. The van der Waals surface area contributed by atoms with Crippen molar-refractivity contribution in [3.8, 4) is 0 Å². The predicted octanol–water partition coefficient (Wildman–Crippen LogP) is 5.00. The van der Waals surface area contributed by atoms with Gasteiger partial charge in [-0.1, -0.05) is 53.2 Å².